The largest absolute Gasteiger partial charge is 0.508 e. The number of benzene rings is 1. The van der Waals surface area contributed by atoms with Gasteiger partial charge in [-0.1, -0.05) is 6.85 Å². The first-order valence-electron chi connectivity index (χ1n) is 12.1. The van der Waals surface area contributed by atoms with E-state index >= 15 is 0 Å². The quantitative estimate of drug-likeness (QED) is 0.482. The van der Waals surface area contributed by atoms with Gasteiger partial charge in [-0.2, -0.15) is 0 Å². The van der Waals surface area contributed by atoms with Gasteiger partial charge < -0.3 is 24.4 Å². The molecule has 31 heavy (non-hydrogen) atoms. The number of rotatable bonds is 3. The van der Waals surface area contributed by atoms with E-state index in [1.165, 1.54) is 16.7 Å². The summed E-state index contributed by atoms with van der Waals surface area (Å²) >= 11 is 0. The second-order valence-electron chi connectivity index (χ2n) is 8.09. The fourth-order valence-electron chi connectivity index (χ4n) is 4.30. The number of cyclic esters (lactones) is 1. The van der Waals surface area contributed by atoms with Gasteiger partial charge in [0.25, 0.3) is 5.56 Å². The van der Waals surface area contributed by atoms with Gasteiger partial charge in [0.1, 0.15) is 12.4 Å². The Morgan fingerprint density at radius 3 is 2.90 bits per heavy atom. The number of carbonyl (C=O) groups is 1. The molecule has 0 saturated carbocycles. The number of phenols is 1. The maximum Gasteiger partial charge on any atom is 0.343 e. The number of hydrogen-bond donors (Lipinski definition) is 2. The number of phenolic OH excluding ortho intramolecular Hbond substituents is 1. The Kier molecular flexibility index (Phi) is 3.15. The zero-order valence-electron chi connectivity index (χ0n) is 21.9. The monoisotopic (exact) mass is 426 g/mol. The van der Waals surface area contributed by atoms with E-state index in [0.717, 1.165) is 0 Å². The Bertz CT molecular complexity index is 1510. The molecule has 8 heteroatoms. The van der Waals surface area contributed by atoms with Crippen LogP contribution in [0.1, 0.15) is 42.3 Å². The SMILES string of the molecule is [2H]C([2H])([2H])C([2H])([2H])[C@]1(O)C(=O)OCc2c1cc1n(c2=O)Cc2cc3c(CN(C)C)c(O)ccc3nc2-1. The lowest BCUT2D eigenvalue weighted by molar-refractivity contribution is -0.172. The van der Waals surface area contributed by atoms with Crippen LogP contribution in [0.5, 0.6) is 5.75 Å². The summed E-state index contributed by atoms with van der Waals surface area (Å²) in [5.74, 6) is -1.37. The lowest BCUT2D eigenvalue weighted by Crippen LogP contribution is -2.44. The number of aromatic hydroxyl groups is 1. The Balaban J connectivity index is 1.76. The van der Waals surface area contributed by atoms with Crippen LogP contribution < -0.4 is 5.56 Å². The van der Waals surface area contributed by atoms with E-state index in [9.17, 15) is 19.8 Å². The van der Waals surface area contributed by atoms with Gasteiger partial charge >= 0.3 is 5.97 Å². The van der Waals surface area contributed by atoms with Crippen LogP contribution in [0.2, 0.25) is 0 Å². The Labute approximate surface area is 185 Å². The van der Waals surface area contributed by atoms with Gasteiger partial charge in [0.15, 0.2) is 5.60 Å². The van der Waals surface area contributed by atoms with Crippen molar-refractivity contribution >= 4 is 16.9 Å². The van der Waals surface area contributed by atoms with Crippen LogP contribution in [0.15, 0.2) is 29.1 Å². The van der Waals surface area contributed by atoms with Gasteiger partial charge in [-0.05, 0) is 44.7 Å². The normalized spacial score (nSPS) is 22.6. The van der Waals surface area contributed by atoms with Crippen molar-refractivity contribution in [1.82, 2.24) is 14.5 Å². The van der Waals surface area contributed by atoms with Crippen molar-refractivity contribution in [2.24, 2.45) is 0 Å². The lowest BCUT2D eigenvalue weighted by Gasteiger charge is -2.31. The number of ether oxygens (including phenoxy) is 1. The van der Waals surface area contributed by atoms with Crippen molar-refractivity contribution < 1.29 is 26.6 Å². The molecule has 0 amide bonds. The molecule has 0 bridgehead atoms. The highest BCUT2D eigenvalue weighted by Gasteiger charge is 2.45. The highest BCUT2D eigenvalue weighted by Crippen LogP contribution is 2.39. The molecule has 5 rings (SSSR count). The smallest absolute Gasteiger partial charge is 0.343 e. The zero-order chi connectivity index (χ0) is 26.4. The first kappa shape index (κ1) is 14.7. The first-order valence-corrected chi connectivity index (χ1v) is 9.65. The van der Waals surface area contributed by atoms with Crippen molar-refractivity contribution in [1.29, 1.82) is 0 Å². The summed E-state index contributed by atoms with van der Waals surface area (Å²) in [5, 5.41) is 22.4. The summed E-state index contributed by atoms with van der Waals surface area (Å²) in [6, 6.07) is 6.23. The molecule has 1 aromatic carbocycles. The highest BCUT2D eigenvalue weighted by molar-refractivity contribution is 5.89. The molecule has 2 aromatic heterocycles. The molecule has 8 nitrogen and oxygen atoms in total. The molecule has 3 aromatic rings. The zero-order valence-corrected chi connectivity index (χ0v) is 16.9. The maximum absolute atomic E-state index is 13.4. The number of hydrogen-bond acceptors (Lipinski definition) is 7. The van der Waals surface area contributed by atoms with Gasteiger partial charge in [-0.25, -0.2) is 9.78 Å². The van der Waals surface area contributed by atoms with Gasteiger partial charge in [-0.3, -0.25) is 4.79 Å². The molecular formula is C23H23N3O5. The van der Waals surface area contributed by atoms with Crippen molar-refractivity contribution in [2.75, 3.05) is 14.1 Å². The molecule has 2 N–H and O–H groups in total. The van der Waals surface area contributed by atoms with Crippen LogP contribution in [0.25, 0.3) is 22.3 Å². The fraction of sp³-hybridized carbons (Fsp3) is 0.348. The van der Waals surface area contributed by atoms with Gasteiger partial charge in [0.05, 0.1) is 29.0 Å². The molecule has 0 spiro atoms. The fourth-order valence-corrected chi connectivity index (χ4v) is 4.30. The topological polar surface area (TPSA) is 105 Å². The molecule has 0 saturated heterocycles. The molecular weight excluding hydrogens is 398 g/mol. The number of fused-ring (bicyclic) bond motifs is 5. The average Bonchev–Trinajstić information content (AvgIpc) is 3.14. The summed E-state index contributed by atoms with van der Waals surface area (Å²) in [6.45, 7) is -3.38. The van der Waals surface area contributed by atoms with E-state index < -0.39 is 42.5 Å². The molecule has 4 heterocycles. The van der Waals surface area contributed by atoms with Crippen molar-refractivity contribution in [3.8, 4) is 17.1 Å². The Morgan fingerprint density at radius 2 is 2.16 bits per heavy atom. The number of esters is 1. The Morgan fingerprint density at radius 1 is 1.35 bits per heavy atom. The van der Waals surface area contributed by atoms with E-state index in [2.05, 4.69) is 4.98 Å². The summed E-state index contributed by atoms with van der Waals surface area (Å²) in [7, 11) is 3.73. The minimum Gasteiger partial charge on any atom is -0.508 e. The third-order valence-electron chi connectivity index (χ3n) is 5.82. The number of aromatic nitrogens is 2. The standard InChI is InChI=1S/C23H23N3O5/c1-4-23(30)16-8-18-20-12(9-26(18)21(28)15(16)11-31-22(23)29)7-13-14(10-25(2)3)19(27)6-5-17(13)24-20/h5-8,27,30H,4,9-11H2,1-3H3/t23-/m1/s1/i1D3,4D2. The van der Waals surface area contributed by atoms with Crippen LogP contribution in [0, 0.1) is 0 Å². The molecule has 160 valence electrons. The van der Waals surface area contributed by atoms with E-state index in [0.29, 0.717) is 34.3 Å². The second-order valence-corrected chi connectivity index (χ2v) is 8.09. The lowest BCUT2D eigenvalue weighted by atomic mass is 9.86. The molecule has 1 atom stereocenters. The van der Waals surface area contributed by atoms with Crippen LogP contribution in [-0.2, 0) is 34.8 Å². The third-order valence-corrected chi connectivity index (χ3v) is 5.82. The third kappa shape index (κ3) is 2.72. The van der Waals surface area contributed by atoms with E-state index in [-0.39, 0.29) is 23.6 Å². The summed E-state index contributed by atoms with van der Waals surface area (Å²) in [4.78, 5) is 32.7. The minimum absolute atomic E-state index is 0.105. The first-order chi connectivity index (χ1) is 16.7. The Hall–Kier alpha value is -3.23. The number of aliphatic hydroxyl groups is 1. The summed E-state index contributed by atoms with van der Waals surface area (Å²) in [6.07, 6.45) is -3.45. The summed E-state index contributed by atoms with van der Waals surface area (Å²) in [5.41, 5.74) is -2.08. The van der Waals surface area contributed by atoms with E-state index in [1.807, 2.05) is 25.1 Å². The average molecular weight is 426 g/mol. The minimum atomic E-state index is -3.45. The second kappa shape index (κ2) is 6.63. The maximum atomic E-state index is 13.4. The molecule has 0 aliphatic carbocycles. The van der Waals surface area contributed by atoms with Crippen molar-refractivity contribution in [3.05, 3.63) is 56.9 Å². The molecule has 2 aliphatic heterocycles. The van der Waals surface area contributed by atoms with Crippen LogP contribution in [-0.4, -0.2) is 44.7 Å². The number of pyridine rings is 2. The van der Waals surface area contributed by atoms with E-state index in [4.69, 9.17) is 11.6 Å². The molecule has 2 aliphatic rings. The van der Waals surface area contributed by atoms with Crippen LogP contribution in [0.4, 0.5) is 0 Å². The van der Waals surface area contributed by atoms with E-state index in [1.54, 1.807) is 6.07 Å². The van der Waals surface area contributed by atoms with Gasteiger partial charge in [0.2, 0.25) is 0 Å². The van der Waals surface area contributed by atoms with Crippen molar-refractivity contribution in [3.63, 3.8) is 0 Å². The predicted molar refractivity (Wildman–Crippen MR) is 114 cm³/mol. The van der Waals surface area contributed by atoms with Crippen LogP contribution in [0.3, 0.4) is 0 Å². The van der Waals surface area contributed by atoms with Gasteiger partial charge in [0, 0.05) is 35.5 Å². The summed E-state index contributed by atoms with van der Waals surface area (Å²) < 4.78 is 45.4. The molecule has 0 radical (unpaired) electrons. The predicted octanol–water partition coefficient (Wildman–Crippen LogP) is 1.85. The van der Waals surface area contributed by atoms with Crippen LogP contribution >= 0.6 is 0 Å². The van der Waals surface area contributed by atoms with Gasteiger partial charge in [-0.15, -0.1) is 0 Å². The molecule has 0 unspecified atom stereocenters. The number of nitrogens with zero attached hydrogens (tertiary/aromatic N) is 3. The molecule has 0 fully saturated rings. The van der Waals surface area contributed by atoms with Crippen molar-refractivity contribution in [2.45, 2.75) is 38.5 Å². The highest BCUT2D eigenvalue weighted by atomic mass is 16.6. The number of carbonyl (C=O) groups excluding carboxylic acids is 1.